The summed E-state index contributed by atoms with van der Waals surface area (Å²) in [6.07, 6.45) is 0. The number of thiophene rings is 2. The van der Waals surface area contributed by atoms with Crippen LogP contribution < -0.4 is 0 Å². The van der Waals surface area contributed by atoms with E-state index >= 15 is 0 Å². The molecule has 30 heavy (non-hydrogen) atoms. The number of fused-ring (bicyclic) bond motifs is 6. The zero-order chi connectivity index (χ0) is 23.1. The van der Waals surface area contributed by atoms with Crippen LogP contribution >= 0.6 is 22.7 Å². The van der Waals surface area contributed by atoms with E-state index in [9.17, 15) is 0 Å². The first kappa shape index (κ1) is 28.1. The van der Waals surface area contributed by atoms with Crippen molar-refractivity contribution in [3.8, 4) is 0 Å². The Hall–Kier alpha value is -1.90. The summed E-state index contributed by atoms with van der Waals surface area (Å²) >= 11 is 3.79. The maximum absolute atomic E-state index is 2.37. The second-order valence-corrected chi connectivity index (χ2v) is 7.21. The molecule has 0 nitrogen and oxygen atoms in total. The predicted octanol–water partition coefficient (Wildman–Crippen LogP) is 11.6. The number of hydrogen-bond acceptors (Lipinski definition) is 2. The average Bonchev–Trinajstić information content (AvgIpc) is 3.41. The standard InChI is InChI=1S/C18H10S2.5C2H6/c1-3-7-15-11(5-1)13-9-18-14(10-17(13)19-15)12-6-2-4-8-16(12)20-18;5*1-2/h1-10H;5*1-2H3. The summed E-state index contributed by atoms with van der Waals surface area (Å²) in [5.41, 5.74) is 0. The fourth-order valence-corrected chi connectivity index (χ4v) is 5.20. The molecular weight excluding hydrogens is 400 g/mol. The van der Waals surface area contributed by atoms with Crippen molar-refractivity contribution in [3.05, 3.63) is 60.7 Å². The molecule has 5 rings (SSSR count). The van der Waals surface area contributed by atoms with Crippen LogP contribution in [-0.2, 0) is 0 Å². The maximum atomic E-state index is 2.37. The first-order valence-electron chi connectivity index (χ1n) is 11.6. The molecular formula is C28H40S2. The molecule has 0 unspecified atom stereocenters. The number of rotatable bonds is 0. The Morgan fingerprint density at radius 3 is 1.00 bits per heavy atom. The Morgan fingerprint density at radius 1 is 0.367 bits per heavy atom. The summed E-state index contributed by atoms with van der Waals surface area (Å²) in [6, 6.07) is 22.1. The first-order valence-corrected chi connectivity index (χ1v) is 13.3. The third kappa shape index (κ3) is 6.06. The Labute approximate surface area is 192 Å². The molecule has 164 valence electrons. The minimum absolute atomic E-state index is 1.38. The lowest BCUT2D eigenvalue weighted by Crippen LogP contribution is -1.67. The highest BCUT2D eigenvalue weighted by atomic mass is 32.1. The largest absolute Gasteiger partial charge is 0.135 e. The molecule has 0 aliphatic carbocycles. The Balaban J connectivity index is 0.000000748. The van der Waals surface area contributed by atoms with Crippen LogP contribution in [0.15, 0.2) is 60.7 Å². The van der Waals surface area contributed by atoms with Crippen LogP contribution in [-0.4, -0.2) is 0 Å². The topological polar surface area (TPSA) is 0 Å². The van der Waals surface area contributed by atoms with Crippen LogP contribution in [0.3, 0.4) is 0 Å². The van der Waals surface area contributed by atoms with E-state index in [0.29, 0.717) is 0 Å². The molecule has 0 saturated carbocycles. The Kier molecular flexibility index (Phi) is 14.9. The first-order chi connectivity index (χ1) is 14.9. The van der Waals surface area contributed by atoms with Gasteiger partial charge in [0.05, 0.1) is 0 Å². The summed E-state index contributed by atoms with van der Waals surface area (Å²) in [7, 11) is 0. The molecule has 0 N–H and O–H groups in total. The highest BCUT2D eigenvalue weighted by molar-refractivity contribution is 7.27. The minimum Gasteiger partial charge on any atom is -0.135 e. The molecule has 2 heterocycles. The van der Waals surface area contributed by atoms with Crippen molar-refractivity contribution < 1.29 is 0 Å². The summed E-state index contributed by atoms with van der Waals surface area (Å²) in [4.78, 5) is 0. The van der Waals surface area contributed by atoms with Crippen LogP contribution in [0.4, 0.5) is 0 Å². The van der Waals surface area contributed by atoms with E-state index in [2.05, 4.69) is 60.7 Å². The van der Waals surface area contributed by atoms with Gasteiger partial charge >= 0.3 is 0 Å². The van der Waals surface area contributed by atoms with Crippen molar-refractivity contribution in [2.45, 2.75) is 69.2 Å². The minimum atomic E-state index is 1.38. The molecule has 0 fully saturated rings. The van der Waals surface area contributed by atoms with Crippen LogP contribution in [0.2, 0.25) is 0 Å². The fourth-order valence-electron chi connectivity index (χ4n) is 2.94. The van der Waals surface area contributed by atoms with Crippen molar-refractivity contribution in [3.63, 3.8) is 0 Å². The van der Waals surface area contributed by atoms with Crippen molar-refractivity contribution in [1.29, 1.82) is 0 Å². The van der Waals surface area contributed by atoms with E-state index < -0.39 is 0 Å². The molecule has 0 radical (unpaired) electrons. The van der Waals surface area contributed by atoms with Crippen LogP contribution in [0, 0.1) is 0 Å². The molecule has 0 bridgehead atoms. The number of hydrogen-bond donors (Lipinski definition) is 0. The van der Waals surface area contributed by atoms with Gasteiger partial charge in [-0.15, -0.1) is 22.7 Å². The van der Waals surface area contributed by atoms with Gasteiger partial charge in [0, 0.05) is 40.3 Å². The molecule has 0 aliphatic rings. The monoisotopic (exact) mass is 440 g/mol. The molecule has 0 amide bonds. The molecule has 0 atom stereocenters. The van der Waals surface area contributed by atoms with Gasteiger partial charge in [0.1, 0.15) is 0 Å². The zero-order valence-electron chi connectivity index (χ0n) is 20.6. The van der Waals surface area contributed by atoms with E-state index in [0.717, 1.165) is 0 Å². The predicted molar refractivity (Wildman–Crippen MR) is 149 cm³/mol. The van der Waals surface area contributed by atoms with Gasteiger partial charge in [-0.25, -0.2) is 0 Å². The van der Waals surface area contributed by atoms with E-state index in [-0.39, 0.29) is 0 Å². The van der Waals surface area contributed by atoms with E-state index in [1.54, 1.807) is 0 Å². The fraction of sp³-hybridized carbons (Fsp3) is 0.357. The lowest BCUT2D eigenvalue weighted by atomic mass is 10.1. The van der Waals surface area contributed by atoms with Gasteiger partial charge in [-0.05, 0) is 24.3 Å². The van der Waals surface area contributed by atoms with Gasteiger partial charge < -0.3 is 0 Å². The summed E-state index contributed by atoms with van der Waals surface area (Å²) in [5.74, 6) is 0. The quantitative estimate of drug-likeness (QED) is 0.224. The lowest BCUT2D eigenvalue weighted by molar-refractivity contribution is 1.50. The number of benzene rings is 3. The van der Waals surface area contributed by atoms with Gasteiger partial charge in [0.2, 0.25) is 0 Å². The third-order valence-corrected chi connectivity index (χ3v) is 6.14. The third-order valence-electron chi connectivity index (χ3n) is 3.88. The summed E-state index contributed by atoms with van der Waals surface area (Å²) in [6.45, 7) is 20.0. The molecule has 0 aliphatic heterocycles. The highest BCUT2D eigenvalue weighted by Crippen LogP contribution is 2.41. The zero-order valence-corrected chi connectivity index (χ0v) is 22.2. The van der Waals surface area contributed by atoms with Gasteiger partial charge in [-0.1, -0.05) is 106 Å². The second kappa shape index (κ2) is 15.9. The average molecular weight is 441 g/mol. The molecule has 2 heteroatoms. The molecule has 2 aromatic heterocycles. The SMILES string of the molecule is CC.CC.CC.CC.CC.c1ccc2c(c1)sc1cc3c(cc12)sc1ccccc13. The van der Waals surface area contributed by atoms with E-state index in [4.69, 9.17) is 0 Å². The maximum Gasteiger partial charge on any atom is 0.0362 e. The van der Waals surface area contributed by atoms with Gasteiger partial charge in [0.25, 0.3) is 0 Å². The van der Waals surface area contributed by atoms with Gasteiger partial charge in [-0.2, -0.15) is 0 Å². The molecule has 0 spiro atoms. The van der Waals surface area contributed by atoms with E-state index in [1.807, 2.05) is 91.9 Å². The Morgan fingerprint density at radius 2 is 0.667 bits per heavy atom. The normalized spacial score (nSPS) is 9.00. The van der Waals surface area contributed by atoms with Crippen LogP contribution in [0.5, 0.6) is 0 Å². The summed E-state index contributed by atoms with van der Waals surface area (Å²) < 4.78 is 5.54. The van der Waals surface area contributed by atoms with Crippen molar-refractivity contribution in [2.75, 3.05) is 0 Å². The van der Waals surface area contributed by atoms with Gasteiger partial charge in [-0.3, -0.25) is 0 Å². The smallest absolute Gasteiger partial charge is 0.0362 e. The highest BCUT2D eigenvalue weighted by Gasteiger charge is 2.09. The van der Waals surface area contributed by atoms with Crippen LogP contribution in [0.25, 0.3) is 40.3 Å². The van der Waals surface area contributed by atoms with Crippen LogP contribution in [0.1, 0.15) is 69.2 Å². The molecule has 3 aromatic carbocycles. The second-order valence-electron chi connectivity index (χ2n) is 5.04. The molecule has 0 saturated heterocycles. The van der Waals surface area contributed by atoms with Crippen molar-refractivity contribution in [1.82, 2.24) is 0 Å². The Bertz CT molecular complexity index is 1010. The molecule has 5 aromatic rings. The van der Waals surface area contributed by atoms with Crippen molar-refractivity contribution >= 4 is 63.0 Å². The van der Waals surface area contributed by atoms with E-state index in [1.165, 1.54) is 40.3 Å². The summed E-state index contributed by atoms with van der Waals surface area (Å²) in [5, 5.41) is 5.55. The van der Waals surface area contributed by atoms with Crippen molar-refractivity contribution in [2.24, 2.45) is 0 Å². The lowest BCUT2D eigenvalue weighted by Gasteiger charge is -1.93. The van der Waals surface area contributed by atoms with Gasteiger partial charge in [0.15, 0.2) is 0 Å².